The molecule has 0 radical (unpaired) electrons. The minimum Gasteiger partial charge on any atom is -0.359 e. The van der Waals surface area contributed by atoms with E-state index in [4.69, 9.17) is 0 Å². The van der Waals surface area contributed by atoms with E-state index in [0.29, 0.717) is 22.8 Å². The predicted molar refractivity (Wildman–Crippen MR) is 107 cm³/mol. The van der Waals surface area contributed by atoms with Crippen molar-refractivity contribution in [2.24, 2.45) is 0 Å². The number of aromatic amines is 2. The van der Waals surface area contributed by atoms with Crippen LogP contribution in [0.2, 0.25) is 0 Å². The second kappa shape index (κ2) is 6.64. The number of amides is 1. The molecule has 26 heavy (non-hydrogen) atoms. The number of hydrogen-bond acceptors (Lipinski definition) is 3. The van der Waals surface area contributed by atoms with E-state index >= 15 is 0 Å². The van der Waals surface area contributed by atoms with Crippen LogP contribution < -0.4 is 15.9 Å². The number of fused-ring (bicyclic) bond motifs is 2. The Bertz CT molecular complexity index is 1040. The van der Waals surface area contributed by atoms with Crippen LogP contribution in [-0.4, -0.2) is 28.5 Å². The fourth-order valence-corrected chi connectivity index (χ4v) is 3.94. The van der Waals surface area contributed by atoms with Crippen molar-refractivity contribution in [1.29, 1.82) is 0 Å². The molecule has 0 bridgehead atoms. The van der Waals surface area contributed by atoms with Crippen LogP contribution in [0, 0.1) is 0 Å². The van der Waals surface area contributed by atoms with Gasteiger partial charge in [0.1, 0.15) is 0 Å². The van der Waals surface area contributed by atoms with Gasteiger partial charge in [0.2, 0.25) is 5.91 Å². The highest BCUT2D eigenvalue weighted by Gasteiger charge is 2.24. The van der Waals surface area contributed by atoms with E-state index in [1.807, 2.05) is 12.1 Å². The third-order valence-corrected chi connectivity index (χ3v) is 5.51. The summed E-state index contributed by atoms with van der Waals surface area (Å²) >= 11 is 3.45. The van der Waals surface area contributed by atoms with Crippen LogP contribution in [0.15, 0.2) is 45.7 Å². The van der Waals surface area contributed by atoms with Gasteiger partial charge in [0, 0.05) is 16.2 Å². The molecular weight excluding hydrogens is 396 g/mol. The smallest absolute Gasteiger partial charge is 0.323 e. The molecule has 2 aromatic carbocycles. The zero-order valence-corrected chi connectivity index (χ0v) is 15.9. The summed E-state index contributed by atoms with van der Waals surface area (Å²) in [7, 11) is 0. The Labute approximate surface area is 158 Å². The van der Waals surface area contributed by atoms with Gasteiger partial charge in [-0.15, -0.1) is 0 Å². The van der Waals surface area contributed by atoms with E-state index in [-0.39, 0.29) is 18.1 Å². The Hall–Kier alpha value is -2.54. The zero-order chi connectivity index (χ0) is 18.3. The highest BCUT2D eigenvalue weighted by molar-refractivity contribution is 9.10. The minimum atomic E-state index is -0.269. The number of halogens is 1. The summed E-state index contributed by atoms with van der Waals surface area (Å²) in [5, 5.41) is 2.95. The second-order valence-corrected chi connectivity index (χ2v) is 7.50. The van der Waals surface area contributed by atoms with Crippen LogP contribution in [0.5, 0.6) is 0 Å². The van der Waals surface area contributed by atoms with Gasteiger partial charge < -0.3 is 20.2 Å². The highest BCUT2D eigenvalue weighted by atomic mass is 79.9. The van der Waals surface area contributed by atoms with Crippen LogP contribution in [-0.2, 0) is 11.2 Å². The first kappa shape index (κ1) is 16.9. The maximum atomic E-state index is 12.7. The lowest BCUT2D eigenvalue weighted by Crippen LogP contribution is -2.42. The number of aromatic nitrogens is 2. The molecular formula is C19H19BrN4O2. The minimum absolute atomic E-state index is 0.0912. The van der Waals surface area contributed by atoms with Crippen molar-refractivity contribution in [3.05, 3.63) is 56.9 Å². The Morgan fingerprint density at radius 3 is 2.81 bits per heavy atom. The SMILES string of the molecule is C[C@H]1CCc2ccccc2N1CC(=O)Nc1cc2[nH]c(=O)[nH]c2cc1Br. The maximum absolute atomic E-state index is 12.7. The molecule has 7 heteroatoms. The molecule has 0 saturated carbocycles. The van der Waals surface area contributed by atoms with Crippen molar-refractivity contribution in [3.63, 3.8) is 0 Å². The first-order valence-electron chi connectivity index (χ1n) is 8.57. The molecule has 1 amide bonds. The topological polar surface area (TPSA) is 81.0 Å². The molecule has 1 aliphatic rings. The summed E-state index contributed by atoms with van der Waals surface area (Å²) in [5.74, 6) is -0.0912. The normalized spacial score (nSPS) is 16.5. The number of para-hydroxylation sites is 1. The number of carbonyl (C=O) groups is 1. The van der Waals surface area contributed by atoms with Crippen molar-refractivity contribution < 1.29 is 4.79 Å². The molecule has 6 nitrogen and oxygen atoms in total. The summed E-state index contributed by atoms with van der Waals surface area (Å²) in [6.45, 7) is 2.43. The van der Waals surface area contributed by atoms with E-state index in [9.17, 15) is 9.59 Å². The number of carbonyl (C=O) groups excluding carboxylic acids is 1. The molecule has 2 heterocycles. The van der Waals surface area contributed by atoms with Crippen LogP contribution >= 0.6 is 15.9 Å². The molecule has 3 aromatic rings. The molecule has 0 unspecified atom stereocenters. The molecule has 0 aliphatic carbocycles. The largest absolute Gasteiger partial charge is 0.359 e. The van der Waals surface area contributed by atoms with E-state index in [1.165, 1.54) is 5.56 Å². The third kappa shape index (κ3) is 3.14. The fourth-order valence-electron chi connectivity index (χ4n) is 3.50. The number of nitrogens with zero attached hydrogens (tertiary/aromatic N) is 1. The average Bonchev–Trinajstić information content (AvgIpc) is 2.96. The van der Waals surface area contributed by atoms with Gasteiger partial charge in [-0.3, -0.25) is 4.79 Å². The Morgan fingerprint density at radius 1 is 1.27 bits per heavy atom. The van der Waals surface area contributed by atoms with Crippen LogP contribution in [0.4, 0.5) is 11.4 Å². The number of aryl methyl sites for hydroxylation is 1. The Kier molecular flexibility index (Phi) is 4.32. The number of hydrogen-bond donors (Lipinski definition) is 3. The second-order valence-electron chi connectivity index (χ2n) is 6.65. The van der Waals surface area contributed by atoms with E-state index in [0.717, 1.165) is 23.0 Å². The average molecular weight is 415 g/mol. The van der Waals surface area contributed by atoms with Crippen LogP contribution in [0.3, 0.4) is 0 Å². The summed E-state index contributed by atoms with van der Waals surface area (Å²) < 4.78 is 0.723. The monoisotopic (exact) mass is 414 g/mol. The Balaban J connectivity index is 1.56. The standard InChI is InChI=1S/C19H19BrN4O2/c1-11-6-7-12-4-2-3-5-17(12)24(11)10-18(25)21-14-9-16-15(8-13(14)20)22-19(26)23-16/h2-5,8-9,11H,6-7,10H2,1H3,(H,21,25)(H2,22,23,26)/t11-/m0/s1. The molecule has 1 aliphatic heterocycles. The van der Waals surface area contributed by atoms with Crippen molar-refractivity contribution in [2.45, 2.75) is 25.8 Å². The first-order valence-corrected chi connectivity index (χ1v) is 9.36. The van der Waals surface area contributed by atoms with Crippen LogP contribution in [0.1, 0.15) is 18.9 Å². The predicted octanol–water partition coefficient (Wildman–Crippen LogP) is 3.40. The Morgan fingerprint density at radius 2 is 2.00 bits per heavy atom. The van der Waals surface area contributed by atoms with E-state index in [1.54, 1.807) is 12.1 Å². The van der Waals surface area contributed by atoms with Gasteiger partial charge >= 0.3 is 5.69 Å². The number of rotatable bonds is 3. The number of H-pyrrole nitrogens is 2. The molecule has 0 spiro atoms. The molecule has 0 fully saturated rings. The lowest BCUT2D eigenvalue weighted by molar-refractivity contribution is -0.115. The molecule has 4 rings (SSSR count). The van der Waals surface area contributed by atoms with Gasteiger partial charge in [-0.2, -0.15) is 0 Å². The summed E-state index contributed by atoms with van der Waals surface area (Å²) in [6.07, 6.45) is 2.07. The van der Waals surface area contributed by atoms with E-state index < -0.39 is 0 Å². The molecule has 1 aromatic heterocycles. The summed E-state index contributed by atoms with van der Waals surface area (Å²) in [6, 6.07) is 12.1. The maximum Gasteiger partial charge on any atom is 0.323 e. The van der Waals surface area contributed by atoms with E-state index in [2.05, 4.69) is 55.2 Å². The van der Waals surface area contributed by atoms with Gasteiger partial charge in [-0.05, 0) is 59.5 Å². The van der Waals surface area contributed by atoms with Gasteiger partial charge in [0.15, 0.2) is 0 Å². The summed E-state index contributed by atoms with van der Waals surface area (Å²) in [4.78, 5) is 31.7. The molecule has 3 N–H and O–H groups in total. The number of benzene rings is 2. The van der Waals surface area contributed by atoms with Crippen molar-refractivity contribution in [3.8, 4) is 0 Å². The third-order valence-electron chi connectivity index (χ3n) is 4.86. The molecule has 1 atom stereocenters. The number of anilines is 2. The first-order chi connectivity index (χ1) is 12.5. The van der Waals surface area contributed by atoms with Crippen molar-refractivity contribution in [1.82, 2.24) is 9.97 Å². The van der Waals surface area contributed by atoms with Crippen molar-refractivity contribution >= 4 is 44.2 Å². The molecule has 134 valence electrons. The lowest BCUT2D eigenvalue weighted by atomic mass is 9.96. The van der Waals surface area contributed by atoms with Gasteiger partial charge in [0.05, 0.1) is 23.3 Å². The van der Waals surface area contributed by atoms with Crippen molar-refractivity contribution in [2.75, 3.05) is 16.8 Å². The quantitative estimate of drug-likeness (QED) is 0.614. The van der Waals surface area contributed by atoms with Crippen LogP contribution in [0.25, 0.3) is 11.0 Å². The number of imidazole rings is 1. The molecule has 0 saturated heterocycles. The van der Waals surface area contributed by atoms with Gasteiger partial charge in [0.25, 0.3) is 0 Å². The highest BCUT2D eigenvalue weighted by Crippen LogP contribution is 2.31. The van der Waals surface area contributed by atoms with Gasteiger partial charge in [-0.25, -0.2) is 4.79 Å². The fraction of sp³-hybridized carbons (Fsp3) is 0.263. The summed E-state index contributed by atoms with van der Waals surface area (Å²) in [5.41, 5.74) is 4.13. The zero-order valence-electron chi connectivity index (χ0n) is 14.3. The van der Waals surface area contributed by atoms with Gasteiger partial charge in [-0.1, -0.05) is 18.2 Å². The lowest BCUT2D eigenvalue weighted by Gasteiger charge is -2.36. The number of nitrogens with one attached hydrogen (secondary N) is 3.